The van der Waals surface area contributed by atoms with Gasteiger partial charge < -0.3 is 10.2 Å². The van der Waals surface area contributed by atoms with Crippen molar-refractivity contribution >= 4 is 11.6 Å². The molecule has 0 unspecified atom stereocenters. The number of nitrogens with zero attached hydrogens (tertiary/aromatic N) is 3. The lowest BCUT2D eigenvalue weighted by atomic mass is 10.1. The third-order valence-corrected chi connectivity index (χ3v) is 4.15. The highest BCUT2D eigenvalue weighted by Gasteiger charge is 2.25. The highest BCUT2D eigenvalue weighted by molar-refractivity contribution is 5.59. The van der Waals surface area contributed by atoms with Gasteiger partial charge in [-0.3, -0.25) is 0 Å². The van der Waals surface area contributed by atoms with Gasteiger partial charge in [-0.25, -0.2) is 9.97 Å². The summed E-state index contributed by atoms with van der Waals surface area (Å²) >= 11 is 0. The summed E-state index contributed by atoms with van der Waals surface area (Å²) in [6.07, 6.45) is 9.21. The van der Waals surface area contributed by atoms with Gasteiger partial charge in [-0.2, -0.15) is 0 Å². The molecule has 0 saturated heterocycles. The summed E-state index contributed by atoms with van der Waals surface area (Å²) in [4.78, 5) is 11.6. The minimum Gasteiger partial charge on any atom is -0.370 e. The van der Waals surface area contributed by atoms with Crippen LogP contribution in [0, 0.1) is 0 Å². The van der Waals surface area contributed by atoms with Crippen molar-refractivity contribution in [3.05, 3.63) is 11.9 Å². The molecular weight excluding hydrogens is 248 g/mol. The van der Waals surface area contributed by atoms with Gasteiger partial charge in [-0.1, -0.05) is 26.2 Å². The highest BCUT2D eigenvalue weighted by atomic mass is 15.2. The number of hydrogen-bond acceptors (Lipinski definition) is 4. The molecule has 0 atom stereocenters. The number of anilines is 2. The zero-order chi connectivity index (χ0) is 14.4. The van der Waals surface area contributed by atoms with Crippen molar-refractivity contribution in [1.82, 2.24) is 9.97 Å². The Hall–Kier alpha value is -1.32. The zero-order valence-electron chi connectivity index (χ0n) is 13.2. The Kier molecular flexibility index (Phi) is 5.62. The number of hydrogen-bond donors (Lipinski definition) is 1. The van der Waals surface area contributed by atoms with Gasteiger partial charge in [-0.15, -0.1) is 0 Å². The summed E-state index contributed by atoms with van der Waals surface area (Å²) in [5.41, 5.74) is 1.30. The summed E-state index contributed by atoms with van der Waals surface area (Å²) in [6.45, 7) is 8.51. The van der Waals surface area contributed by atoms with Crippen molar-refractivity contribution in [1.29, 1.82) is 0 Å². The minimum atomic E-state index is 0.667. The number of rotatable bonds is 7. The van der Waals surface area contributed by atoms with Gasteiger partial charge in [0.1, 0.15) is 18.0 Å². The van der Waals surface area contributed by atoms with Gasteiger partial charge in [-0.05, 0) is 33.1 Å². The molecule has 0 radical (unpaired) electrons. The van der Waals surface area contributed by atoms with Crippen molar-refractivity contribution in [2.75, 3.05) is 23.3 Å². The van der Waals surface area contributed by atoms with E-state index in [2.05, 4.69) is 41.0 Å². The molecule has 1 N–H and O–H groups in total. The fourth-order valence-electron chi connectivity index (χ4n) is 3.25. The van der Waals surface area contributed by atoms with E-state index in [0.29, 0.717) is 6.04 Å². The van der Waals surface area contributed by atoms with Gasteiger partial charge in [0.15, 0.2) is 0 Å². The van der Waals surface area contributed by atoms with E-state index in [4.69, 9.17) is 0 Å². The summed E-state index contributed by atoms with van der Waals surface area (Å²) in [5, 5.41) is 3.39. The van der Waals surface area contributed by atoms with E-state index in [1.165, 1.54) is 31.2 Å². The van der Waals surface area contributed by atoms with E-state index in [-0.39, 0.29) is 0 Å². The van der Waals surface area contributed by atoms with E-state index < -0.39 is 0 Å². The quantitative estimate of drug-likeness (QED) is 0.825. The average Bonchev–Trinajstić information content (AvgIpc) is 2.97. The smallest absolute Gasteiger partial charge is 0.137 e. The summed E-state index contributed by atoms with van der Waals surface area (Å²) in [5.74, 6) is 2.18. The standard InChI is InChI=1S/C16H28N4/c1-4-9-14-15(17-5-2)18-12-19-16(14)20(6-3)13-10-7-8-11-13/h12-13H,4-11H2,1-3H3,(H,17,18,19). The first-order valence-electron chi connectivity index (χ1n) is 8.16. The van der Waals surface area contributed by atoms with Crippen LogP contribution in [0.25, 0.3) is 0 Å². The first-order valence-corrected chi connectivity index (χ1v) is 8.16. The molecule has 0 spiro atoms. The molecule has 0 bridgehead atoms. The Balaban J connectivity index is 2.34. The first-order chi connectivity index (χ1) is 9.81. The van der Waals surface area contributed by atoms with E-state index in [9.17, 15) is 0 Å². The van der Waals surface area contributed by atoms with E-state index in [1.807, 2.05) is 0 Å². The summed E-state index contributed by atoms with van der Waals surface area (Å²) in [6, 6.07) is 0.667. The third kappa shape index (κ3) is 3.22. The molecule has 1 aliphatic rings. The maximum absolute atomic E-state index is 4.63. The normalized spacial score (nSPS) is 15.6. The Bertz CT molecular complexity index is 413. The topological polar surface area (TPSA) is 41.1 Å². The van der Waals surface area contributed by atoms with Crippen molar-refractivity contribution < 1.29 is 0 Å². The third-order valence-electron chi connectivity index (χ3n) is 4.15. The number of nitrogens with one attached hydrogen (secondary N) is 1. The lowest BCUT2D eigenvalue weighted by Gasteiger charge is -2.31. The van der Waals surface area contributed by atoms with Crippen LogP contribution in [0.3, 0.4) is 0 Å². The van der Waals surface area contributed by atoms with E-state index in [0.717, 1.165) is 37.6 Å². The van der Waals surface area contributed by atoms with Gasteiger partial charge in [0.2, 0.25) is 0 Å². The Morgan fingerprint density at radius 1 is 1.20 bits per heavy atom. The molecule has 2 rings (SSSR count). The molecule has 1 heterocycles. The minimum absolute atomic E-state index is 0.667. The van der Waals surface area contributed by atoms with Crippen LogP contribution < -0.4 is 10.2 Å². The summed E-state index contributed by atoms with van der Waals surface area (Å²) < 4.78 is 0. The molecule has 20 heavy (non-hydrogen) atoms. The molecule has 4 nitrogen and oxygen atoms in total. The second-order valence-corrected chi connectivity index (χ2v) is 5.53. The predicted octanol–water partition coefficient (Wildman–Crippen LogP) is 3.63. The maximum atomic E-state index is 4.63. The Labute approximate surface area is 123 Å². The molecule has 1 saturated carbocycles. The predicted molar refractivity (Wildman–Crippen MR) is 85.5 cm³/mol. The van der Waals surface area contributed by atoms with Gasteiger partial charge in [0, 0.05) is 24.7 Å². The monoisotopic (exact) mass is 276 g/mol. The van der Waals surface area contributed by atoms with Gasteiger partial charge in [0.25, 0.3) is 0 Å². The summed E-state index contributed by atoms with van der Waals surface area (Å²) in [7, 11) is 0. The molecule has 0 aromatic carbocycles. The molecule has 1 fully saturated rings. The van der Waals surface area contributed by atoms with Crippen LogP contribution in [0.5, 0.6) is 0 Å². The molecule has 1 aromatic heterocycles. The number of aromatic nitrogens is 2. The fraction of sp³-hybridized carbons (Fsp3) is 0.750. The average molecular weight is 276 g/mol. The van der Waals surface area contributed by atoms with Crippen molar-refractivity contribution in [3.63, 3.8) is 0 Å². The molecule has 112 valence electrons. The van der Waals surface area contributed by atoms with Gasteiger partial charge in [0.05, 0.1) is 0 Å². The van der Waals surface area contributed by atoms with Crippen LogP contribution in [-0.2, 0) is 6.42 Å². The molecule has 0 amide bonds. The van der Waals surface area contributed by atoms with Crippen molar-refractivity contribution in [2.45, 2.75) is 65.3 Å². The van der Waals surface area contributed by atoms with Crippen LogP contribution >= 0.6 is 0 Å². The van der Waals surface area contributed by atoms with Crippen molar-refractivity contribution in [2.24, 2.45) is 0 Å². The second kappa shape index (κ2) is 7.46. The fourth-order valence-corrected chi connectivity index (χ4v) is 3.25. The van der Waals surface area contributed by atoms with Gasteiger partial charge >= 0.3 is 0 Å². The first kappa shape index (κ1) is 15.1. The molecule has 1 aliphatic carbocycles. The van der Waals surface area contributed by atoms with E-state index >= 15 is 0 Å². The molecule has 4 heteroatoms. The van der Waals surface area contributed by atoms with Crippen LogP contribution in [0.15, 0.2) is 6.33 Å². The maximum Gasteiger partial charge on any atom is 0.137 e. The molecule has 0 aliphatic heterocycles. The Morgan fingerprint density at radius 3 is 2.55 bits per heavy atom. The SMILES string of the molecule is CCCc1c(NCC)ncnc1N(CC)C1CCCC1. The molecule has 1 aromatic rings. The van der Waals surface area contributed by atoms with Crippen LogP contribution in [0.4, 0.5) is 11.6 Å². The molecular formula is C16H28N4. The lowest BCUT2D eigenvalue weighted by Crippen LogP contribution is -2.34. The largest absolute Gasteiger partial charge is 0.370 e. The van der Waals surface area contributed by atoms with Crippen LogP contribution in [0.1, 0.15) is 58.4 Å². The highest BCUT2D eigenvalue weighted by Crippen LogP contribution is 2.31. The zero-order valence-corrected chi connectivity index (χ0v) is 13.2. The second-order valence-electron chi connectivity index (χ2n) is 5.53. The Morgan fingerprint density at radius 2 is 1.95 bits per heavy atom. The van der Waals surface area contributed by atoms with E-state index in [1.54, 1.807) is 6.33 Å². The lowest BCUT2D eigenvalue weighted by molar-refractivity contribution is 0.608. The van der Waals surface area contributed by atoms with Crippen LogP contribution in [0.2, 0.25) is 0 Å². The van der Waals surface area contributed by atoms with Crippen molar-refractivity contribution in [3.8, 4) is 0 Å². The van der Waals surface area contributed by atoms with Crippen LogP contribution in [-0.4, -0.2) is 29.1 Å².